The van der Waals surface area contributed by atoms with Gasteiger partial charge in [-0.3, -0.25) is 4.98 Å². The molecular formula is C12H15BrN2. The van der Waals surface area contributed by atoms with Crippen molar-refractivity contribution in [1.29, 1.82) is 0 Å². The lowest BCUT2D eigenvalue weighted by atomic mass is 10.2. The number of aromatic nitrogens is 1. The Bertz CT molecular complexity index is 352. The summed E-state index contributed by atoms with van der Waals surface area (Å²) in [7, 11) is 0. The van der Waals surface area contributed by atoms with Crippen molar-refractivity contribution < 1.29 is 0 Å². The van der Waals surface area contributed by atoms with Gasteiger partial charge in [0.25, 0.3) is 0 Å². The first-order chi connectivity index (χ1) is 7.24. The summed E-state index contributed by atoms with van der Waals surface area (Å²) in [5.74, 6) is 0. The van der Waals surface area contributed by atoms with Crippen molar-refractivity contribution in [3.8, 4) is 0 Å². The van der Waals surface area contributed by atoms with Gasteiger partial charge in [0, 0.05) is 23.3 Å². The van der Waals surface area contributed by atoms with E-state index in [1.54, 1.807) is 0 Å². The molecule has 3 heteroatoms. The second-order valence-electron chi connectivity index (χ2n) is 4.05. The molecule has 0 aromatic carbocycles. The summed E-state index contributed by atoms with van der Waals surface area (Å²) in [6.07, 6.45) is 6.63. The van der Waals surface area contributed by atoms with Gasteiger partial charge in [-0.25, -0.2) is 0 Å². The van der Waals surface area contributed by atoms with E-state index in [2.05, 4.69) is 39.2 Å². The minimum atomic E-state index is 0.770. The van der Waals surface area contributed by atoms with Crippen LogP contribution >= 0.6 is 15.9 Å². The first-order valence-corrected chi connectivity index (χ1v) is 6.05. The summed E-state index contributed by atoms with van der Waals surface area (Å²) >= 11 is 3.37. The molecule has 1 aromatic rings. The highest BCUT2D eigenvalue weighted by Crippen LogP contribution is 2.18. The highest BCUT2D eigenvalue weighted by molar-refractivity contribution is 9.10. The minimum absolute atomic E-state index is 0.770. The quantitative estimate of drug-likeness (QED) is 0.907. The maximum atomic E-state index is 4.31. The Labute approximate surface area is 98.9 Å². The number of rotatable bonds is 4. The average Bonchev–Trinajstić information content (AvgIpc) is 3.02. The molecule has 1 aromatic heterocycles. The van der Waals surface area contributed by atoms with Gasteiger partial charge in [-0.05, 0) is 53.9 Å². The highest BCUT2D eigenvalue weighted by Gasteiger charge is 2.19. The van der Waals surface area contributed by atoms with E-state index < -0.39 is 0 Å². The normalized spacial score (nSPS) is 16.8. The van der Waals surface area contributed by atoms with Crippen molar-refractivity contribution in [2.45, 2.75) is 25.8 Å². The van der Waals surface area contributed by atoms with E-state index in [9.17, 15) is 0 Å². The largest absolute Gasteiger partial charge is 0.310 e. The van der Waals surface area contributed by atoms with Crippen molar-refractivity contribution in [1.82, 2.24) is 10.3 Å². The first-order valence-electron chi connectivity index (χ1n) is 5.26. The smallest absolute Gasteiger partial charge is 0.0630 e. The Balaban J connectivity index is 1.91. The van der Waals surface area contributed by atoms with Gasteiger partial charge in [-0.15, -0.1) is 0 Å². The fourth-order valence-corrected chi connectivity index (χ4v) is 1.60. The van der Waals surface area contributed by atoms with Crippen LogP contribution in [0.25, 0.3) is 6.08 Å². The molecule has 0 amide bonds. The number of hydrogen-bond acceptors (Lipinski definition) is 2. The molecule has 0 radical (unpaired) electrons. The second kappa shape index (κ2) is 4.90. The van der Waals surface area contributed by atoms with Gasteiger partial charge in [-0.1, -0.05) is 5.57 Å². The van der Waals surface area contributed by atoms with Crippen molar-refractivity contribution in [2.75, 3.05) is 6.54 Å². The predicted molar refractivity (Wildman–Crippen MR) is 66.6 cm³/mol. The van der Waals surface area contributed by atoms with Crippen LogP contribution in [0.3, 0.4) is 0 Å². The Kier molecular flexibility index (Phi) is 3.54. The minimum Gasteiger partial charge on any atom is -0.310 e. The topological polar surface area (TPSA) is 24.9 Å². The second-order valence-corrected chi connectivity index (χ2v) is 4.96. The summed E-state index contributed by atoms with van der Waals surface area (Å²) in [5.41, 5.74) is 2.35. The standard InChI is InChI=1S/C12H15BrN2/c1-9(7-14-11-4-5-11)6-12-3-2-10(13)8-15-12/h2-3,6,8,11,14H,4-5,7H2,1H3/b9-6-. The van der Waals surface area contributed by atoms with Crippen LogP contribution in [0.15, 0.2) is 28.4 Å². The summed E-state index contributed by atoms with van der Waals surface area (Å²) in [5, 5.41) is 3.48. The van der Waals surface area contributed by atoms with Gasteiger partial charge < -0.3 is 5.32 Å². The summed E-state index contributed by atoms with van der Waals surface area (Å²) < 4.78 is 1.02. The molecule has 0 aliphatic heterocycles. The first kappa shape index (κ1) is 10.8. The lowest BCUT2D eigenvalue weighted by Gasteiger charge is -2.02. The molecule has 1 N–H and O–H groups in total. The molecule has 1 aliphatic carbocycles. The molecule has 1 saturated carbocycles. The van der Waals surface area contributed by atoms with Crippen LogP contribution in [-0.4, -0.2) is 17.6 Å². The summed E-state index contributed by atoms with van der Waals surface area (Å²) in [4.78, 5) is 4.31. The maximum absolute atomic E-state index is 4.31. The molecule has 0 spiro atoms. The summed E-state index contributed by atoms with van der Waals surface area (Å²) in [6.45, 7) is 3.11. The van der Waals surface area contributed by atoms with Crippen LogP contribution in [0.2, 0.25) is 0 Å². The zero-order valence-electron chi connectivity index (χ0n) is 8.83. The van der Waals surface area contributed by atoms with E-state index in [-0.39, 0.29) is 0 Å². The van der Waals surface area contributed by atoms with E-state index in [0.717, 1.165) is 22.8 Å². The number of nitrogens with zero attached hydrogens (tertiary/aromatic N) is 1. The van der Waals surface area contributed by atoms with Gasteiger partial charge in [-0.2, -0.15) is 0 Å². The van der Waals surface area contributed by atoms with E-state index in [1.807, 2.05) is 18.3 Å². The van der Waals surface area contributed by atoms with Crippen LogP contribution in [-0.2, 0) is 0 Å². The van der Waals surface area contributed by atoms with Crippen molar-refractivity contribution in [2.24, 2.45) is 0 Å². The van der Waals surface area contributed by atoms with E-state index in [1.165, 1.54) is 18.4 Å². The van der Waals surface area contributed by atoms with Gasteiger partial charge in [0.15, 0.2) is 0 Å². The summed E-state index contributed by atoms with van der Waals surface area (Å²) in [6, 6.07) is 4.80. The Morgan fingerprint density at radius 3 is 3.00 bits per heavy atom. The van der Waals surface area contributed by atoms with Gasteiger partial charge >= 0.3 is 0 Å². The molecule has 15 heavy (non-hydrogen) atoms. The molecule has 2 rings (SSSR count). The fraction of sp³-hybridized carbons (Fsp3) is 0.417. The van der Waals surface area contributed by atoms with Gasteiger partial charge in [0.1, 0.15) is 0 Å². The third kappa shape index (κ3) is 3.76. The SMILES string of the molecule is C/C(=C/c1ccc(Br)cn1)CNC1CC1. The molecule has 0 bridgehead atoms. The molecule has 1 heterocycles. The zero-order chi connectivity index (χ0) is 10.7. The number of pyridine rings is 1. The highest BCUT2D eigenvalue weighted by atomic mass is 79.9. The van der Waals surface area contributed by atoms with Gasteiger partial charge in [0.2, 0.25) is 0 Å². The van der Waals surface area contributed by atoms with Crippen molar-refractivity contribution >= 4 is 22.0 Å². The molecule has 1 fully saturated rings. The third-order valence-corrected chi connectivity index (χ3v) is 2.86. The molecule has 0 saturated heterocycles. The van der Waals surface area contributed by atoms with Crippen LogP contribution < -0.4 is 5.32 Å². The van der Waals surface area contributed by atoms with Crippen LogP contribution in [0, 0.1) is 0 Å². The van der Waals surface area contributed by atoms with Crippen LogP contribution in [0.5, 0.6) is 0 Å². The van der Waals surface area contributed by atoms with Crippen LogP contribution in [0.4, 0.5) is 0 Å². The third-order valence-electron chi connectivity index (χ3n) is 2.39. The molecule has 1 aliphatic rings. The lowest BCUT2D eigenvalue weighted by Crippen LogP contribution is -2.18. The number of hydrogen-bond donors (Lipinski definition) is 1. The Morgan fingerprint density at radius 1 is 1.60 bits per heavy atom. The maximum Gasteiger partial charge on any atom is 0.0630 e. The molecule has 80 valence electrons. The van der Waals surface area contributed by atoms with E-state index >= 15 is 0 Å². The molecule has 0 unspecified atom stereocenters. The Hall–Kier alpha value is -0.670. The number of halogens is 1. The van der Waals surface area contributed by atoms with E-state index in [0.29, 0.717) is 0 Å². The molecule has 0 atom stereocenters. The zero-order valence-corrected chi connectivity index (χ0v) is 10.4. The lowest BCUT2D eigenvalue weighted by molar-refractivity contribution is 0.735. The van der Waals surface area contributed by atoms with Crippen molar-refractivity contribution in [3.05, 3.63) is 34.1 Å². The van der Waals surface area contributed by atoms with E-state index in [4.69, 9.17) is 0 Å². The monoisotopic (exact) mass is 266 g/mol. The fourth-order valence-electron chi connectivity index (χ4n) is 1.37. The van der Waals surface area contributed by atoms with Crippen molar-refractivity contribution in [3.63, 3.8) is 0 Å². The Morgan fingerprint density at radius 2 is 2.40 bits per heavy atom. The van der Waals surface area contributed by atoms with Gasteiger partial charge in [0.05, 0.1) is 5.69 Å². The number of nitrogens with one attached hydrogen (secondary N) is 1. The van der Waals surface area contributed by atoms with Crippen LogP contribution in [0.1, 0.15) is 25.5 Å². The average molecular weight is 267 g/mol. The molecular weight excluding hydrogens is 252 g/mol. The predicted octanol–water partition coefficient (Wildman–Crippen LogP) is 3.00. The molecule has 2 nitrogen and oxygen atoms in total.